The summed E-state index contributed by atoms with van der Waals surface area (Å²) < 4.78 is 13.7. The summed E-state index contributed by atoms with van der Waals surface area (Å²) in [5.41, 5.74) is 7.68. The Balaban J connectivity index is 2.03. The van der Waals surface area contributed by atoms with Crippen LogP contribution in [0.2, 0.25) is 10.0 Å². The standard InChI is InChI=1S/C15H14Cl2FN/c16-12-6-4-10(5-7-12)8-13(19)9-11-2-1-3-14(17)15(11)18/h1-7,13H,8-9,19H2. The fraction of sp³-hybridized carbons (Fsp3) is 0.200. The molecule has 0 heterocycles. The van der Waals surface area contributed by atoms with Crippen LogP contribution in [0.3, 0.4) is 0 Å². The van der Waals surface area contributed by atoms with Gasteiger partial charge in [-0.05, 0) is 42.2 Å². The summed E-state index contributed by atoms with van der Waals surface area (Å²) in [4.78, 5) is 0. The number of benzene rings is 2. The molecule has 1 nitrogen and oxygen atoms in total. The lowest BCUT2D eigenvalue weighted by molar-refractivity contribution is 0.584. The van der Waals surface area contributed by atoms with Crippen molar-refractivity contribution in [2.24, 2.45) is 5.73 Å². The lowest BCUT2D eigenvalue weighted by Gasteiger charge is -2.13. The molecule has 0 fully saturated rings. The Morgan fingerprint density at radius 3 is 2.37 bits per heavy atom. The summed E-state index contributed by atoms with van der Waals surface area (Å²) in [6, 6.07) is 12.3. The van der Waals surface area contributed by atoms with Crippen LogP contribution in [-0.2, 0) is 12.8 Å². The number of rotatable bonds is 4. The van der Waals surface area contributed by atoms with Gasteiger partial charge in [-0.3, -0.25) is 0 Å². The zero-order valence-electron chi connectivity index (χ0n) is 10.2. The topological polar surface area (TPSA) is 26.0 Å². The van der Waals surface area contributed by atoms with E-state index in [1.807, 2.05) is 24.3 Å². The normalized spacial score (nSPS) is 12.4. The first-order valence-electron chi connectivity index (χ1n) is 5.99. The predicted molar refractivity (Wildman–Crippen MR) is 78.2 cm³/mol. The second kappa shape index (κ2) is 6.38. The van der Waals surface area contributed by atoms with Crippen LogP contribution in [0.25, 0.3) is 0 Å². The van der Waals surface area contributed by atoms with E-state index in [0.717, 1.165) is 5.56 Å². The van der Waals surface area contributed by atoms with Gasteiger partial charge in [0.05, 0.1) is 5.02 Å². The second-order valence-corrected chi connectivity index (χ2v) is 5.35. The molecule has 0 spiro atoms. The molecule has 2 rings (SSSR count). The number of nitrogens with two attached hydrogens (primary N) is 1. The molecular formula is C15H14Cl2FN. The zero-order valence-corrected chi connectivity index (χ0v) is 11.8. The van der Waals surface area contributed by atoms with Crippen LogP contribution in [-0.4, -0.2) is 6.04 Å². The Kier molecular flexibility index (Phi) is 4.81. The molecule has 0 aliphatic rings. The van der Waals surface area contributed by atoms with Crippen LogP contribution in [0.1, 0.15) is 11.1 Å². The van der Waals surface area contributed by atoms with E-state index in [4.69, 9.17) is 28.9 Å². The van der Waals surface area contributed by atoms with Crippen molar-refractivity contribution in [3.63, 3.8) is 0 Å². The fourth-order valence-corrected chi connectivity index (χ4v) is 2.30. The number of halogens is 3. The van der Waals surface area contributed by atoms with E-state index in [1.165, 1.54) is 6.07 Å². The van der Waals surface area contributed by atoms with Crippen LogP contribution in [0, 0.1) is 5.82 Å². The van der Waals surface area contributed by atoms with Gasteiger partial charge in [-0.25, -0.2) is 4.39 Å². The highest BCUT2D eigenvalue weighted by molar-refractivity contribution is 6.31. The van der Waals surface area contributed by atoms with Crippen molar-refractivity contribution in [2.45, 2.75) is 18.9 Å². The molecule has 0 aliphatic carbocycles. The second-order valence-electron chi connectivity index (χ2n) is 4.51. The lowest BCUT2D eigenvalue weighted by atomic mass is 9.99. The Labute approximate surface area is 122 Å². The molecule has 0 aliphatic heterocycles. The van der Waals surface area contributed by atoms with Gasteiger partial charge in [0.1, 0.15) is 5.82 Å². The largest absolute Gasteiger partial charge is 0.327 e. The van der Waals surface area contributed by atoms with Gasteiger partial charge < -0.3 is 5.73 Å². The highest BCUT2D eigenvalue weighted by Gasteiger charge is 2.11. The Morgan fingerprint density at radius 1 is 1.00 bits per heavy atom. The van der Waals surface area contributed by atoms with Crippen LogP contribution in [0.4, 0.5) is 4.39 Å². The highest BCUT2D eigenvalue weighted by Crippen LogP contribution is 2.19. The van der Waals surface area contributed by atoms with Crippen molar-refractivity contribution >= 4 is 23.2 Å². The molecule has 0 amide bonds. The minimum atomic E-state index is -0.379. The third-order valence-electron chi connectivity index (χ3n) is 2.92. The van der Waals surface area contributed by atoms with Crippen molar-refractivity contribution in [2.75, 3.05) is 0 Å². The lowest BCUT2D eigenvalue weighted by Crippen LogP contribution is -2.26. The third-order valence-corrected chi connectivity index (χ3v) is 3.47. The summed E-state index contributed by atoms with van der Waals surface area (Å²) in [7, 11) is 0. The molecule has 0 bridgehead atoms. The fourth-order valence-electron chi connectivity index (χ4n) is 1.98. The van der Waals surface area contributed by atoms with Crippen molar-refractivity contribution in [1.29, 1.82) is 0 Å². The monoisotopic (exact) mass is 297 g/mol. The van der Waals surface area contributed by atoms with E-state index in [-0.39, 0.29) is 16.9 Å². The van der Waals surface area contributed by atoms with Crippen LogP contribution < -0.4 is 5.73 Å². The van der Waals surface area contributed by atoms with E-state index in [0.29, 0.717) is 23.4 Å². The maximum Gasteiger partial charge on any atom is 0.145 e. The molecule has 2 N–H and O–H groups in total. The molecule has 2 aromatic rings. The zero-order chi connectivity index (χ0) is 13.8. The van der Waals surface area contributed by atoms with Gasteiger partial charge in [-0.2, -0.15) is 0 Å². The van der Waals surface area contributed by atoms with E-state index in [9.17, 15) is 4.39 Å². The SMILES string of the molecule is NC(Cc1ccc(Cl)cc1)Cc1cccc(Cl)c1F. The first kappa shape index (κ1) is 14.3. The third kappa shape index (κ3) is 3.93. The first-order valence-corrected chi connectivity index (χ1v) is 6.75. The molecule has 1 atom stereocenters. The minimum absolute atomic E-state index is 0.135. The maximum absolute atomic E-state index is 13.7. The average molecular weight is 298 g/mol. The van der Waals surface area contributed by atoms with Gasteiger partial charge in [-0.15, -0.1) is 0 Å². The molecular weight excluding hydrogens is 284 g/mol. The maximum atomic E-state index is 13.7. The van der Waals surface area contributed by atoms with E-state index < -0.39 is 0 Å². The smallest absolute Gasteiger partial charge is 0.145 e. The quantitative estimate of drug-likeness (QED) is 0.897. The van der Waals surface area contributed by atoms with Gasteiger partial charge in [0.2, 0.25) is 0 Å². The Hall–Kier alpha value is -1.09. The van der Waals surface area contributed by atoms with Crippen LogP contribution in [0.5, 0.6) is 0 Å². The molecule has 1 unspecified atom stereocenters. The van der Waals surface area contributed by atoms with E-state index in [2.05, 4.69) is 0 Å². The van der Waals surface area contributed by atoms with E-state index in [1.54, 1.807) is 12.1 Å². The molecule has 0 saturated carbocycles. The number of hydrogen-bond donors (Lipinski definition) is 1. The summed E-state index contributed by atoms with van der Waals surface area (Å²) >= 11 is 11.6. The molecule has 100 valence electrons. The highest BCUT2D eigenvalue weighted by atomic mass is 35.5. The van der Waals surface area contributed by atoms with Gasteiger partial charge in [0, 0.05) is 11.1 Å². The first-order chi connectivity index (χ1) is 9.06. The van der Waals surface area contributed by atoms with Gasteiger partial charge >= 0.3 is 0 Å². The summed E-state index contributed by atoms with van der Waals surface area (Å²) in [6.45, 7) is 0. The van der Waals surface area contributed by atoms with Crippen molar-refractivity contribution in [3.8, 4) is 0 Å². The Morgan fingerprint density at radius 2 is 1.68 bits per heavy atom. The predicted octanol–water partition coefficient (Wildman–Crippen LogP) is 4.25. The summed E-state index contributed by atoms with van der Waals surface area (Å²) in [5, 5.41) is 0.828. The van der Waals surface area contributed by atoms with E-state index >= 15 is 0 Å². The van der Waals surface area contributed by atoms with Crippen LogP contribution >= 0.6 is 23.2 Å². The molecule has 2 aromatic carbocycles. The van der Waals surface area contributed by atoms with Crippen molar-refractivity contribution in [3.05, 3.63) is 69.5 Å². The molecule has 19 heavy (non-hydrogen) atoms. The molecule has 4 heteroatoms. The van der Waals surface area contributed by atoms with Crippen molar-refractivity contribution < 1.29 is 4.39 Å². The van der Waals surface area contributed by atoms with Crippen molar-refractivity contribution in [1.82, 2.24) is 0 Å². The molecule has 0 aromatic heterocycles. The minimum Gasteiger partial charge on any atom is -0.327 e. The number of hydrogen-bond acceptors (Lipinski definition) is 1. The Bertz CT molecular complexity index is 555. The van der Waals surface area contributed by atoms with Gasteiger partial charge in [0.15, 0.2) is 0 Å². The average Bonchev–Trinajstić information content (AvgIpc) is 2.38. The summed E-state index contributed by atoms with van der Waals surface area (Å²) in [6.07, 6.45) is 1.12. The van der Waals surface area contributed by atoms with Gasteiger partial charge in [-0.1, -0.05) is 47.5 Å². The molecule has 0 radical (unpaired) electrons. The summed E-state index contributed by atoms with van der Waals surface area (Å²) in [5.74, 6) is -0.379. The van der Waals surface area contributed by atoms with Gasteiger partial charge in [0.25, 0.3) is 0 Å². The molecule has 0 saturated heterocycles. The van der Waals surface area contributed by atoms with Crippen LogP contribution in [0.15, 0.2) is 42.5 Å².